The number of amides is 2. The van der Waals surface area contributed by atoms with Crippen molar-refractivity contribution in [2.45, 2.75) is 26.3 Å². The molecule has 4 aromatic rings. The number of hydrogen-bond acceptors (Lipinski definition) is 6. The summed E-state index contributed by atoms with van der Waals surface area (Å²) in [5, 5.41) is 15.0. The van der Waals surface area contributed by atoms with E-state index in [-0.39, 0.29) is 17.9 Å². The highest BCUT2D eigenvalue weighted by atomic mass is 16.2. The number of carbonyl (C=O) groups excluding carboxylic acids is 2. The van der Waals surface area contributed by atoms with Crippen LogP contribution in [-0.2, 0) is 7.05 Å². The second-order valence-corrected chi connectivity index (χ2v) is 9.79. The predicted octanol–water partition coefficient (Wildman–Crippen LogP) is 3.63. The number of fused-ring (bicyclic) bond motifs is 4. The number of nitrogens with one attached hydrogen (secondary N) is 3. The molecule has 5 rings (SSSR count). The van der Waals surface area contributed by atoms with Crippen molar-refractivity contribution >= 4 is 34.1 Å². The summed E-state index contributed by atoms with van der Waals surface area (Å²) in [7, 11) is 1.78. The number of nitrogens with zero attached hydrogens (tertiary/aromatic N) is 4. The molecule has 1 aliphatic rings. The van der Waals surface area contributed by atoms with Gasteiger partial charge in [0.2, 0.25) is 0 Å². The zero-order valence-corrected chi connectivity index (χ0v) is 22.0. The lowest BCUT2D eigenvalue weighted by atomic mass is 10.1. The second-order valence-electron chi connectivity index (χ2n) is 9.79. The largest absolute Gasteiger partial charge is 0.351 e. The minimum atomic E-state index is -0.131. The summed E-state index contributed by atoms with van der Waals surface area (Å²) in [6.45, 7) is 6.65. The first kappa shape index (κ1) is 25.4. The fourth-order valence-electron chi connectivity index (χ4n) is 4.72. The fourth-order valence-corrected chi connectivity index (χ4v) is 4.72. The summed E-state index contributed by atoms with van der Waals surface area (Å²) in [6.07, 6.45) is 2.62. The highest BCUT2D eigenvalue weighted by Gasteiger charge is 2.18. The van der Waals surface area contributed by atoms with Gasteiger partial charge in [-0.05, 0) is 69.3 Å². The van der Waals surface area contributed by atoms with E-state index in [0.29, 0.717) is 24.3 Å². The number of hydrogen-bond donors (Lipinski definition) is 3. The van der Waals surface area contributed by atoms with E-state index < -0.39 is 0 Å². The molecular weight excluding hydrogens is 478 g/mol. The molecule has 0 radical (unpaired) electrons. The van der Waals surface area contributed by atoms with Crippen LogP contribution in [0.4, 0.5) is 11.4 Å². The first-order valence-electron chi connectivity index (χ1n) is 13.0. The number of carbonyl (C=O) groups is 2. The van der Waals surface area contributed by atoms with Gasteiger partial charge < -0.3 is 20.9 Å². The average molecular weight is 512 g/mol. The van der Waals surface area contributed by atoms with Gasteiger partial charge in [0.15, 0.2) is 0 Å². The fraction of sp³-hybridized carbons (Fsp3) is 0.310. The number of pyridine rings is 1. The lowest BCUT2D eigenvalue weighted by Crippen LogP contribution is -2.32. The van der Waals surface area contributed by atoms with E-state index in [9.17, 15) is 9.59 Å². The van der Waals surface area contributed by atoms with Crippen molar-refractivity contribution in [1.29, 1.82) is 0 Å². The topological polar surface area (TPSA) is 104 Å². The first-order chi connectivity index (χ1) is 18.4. The smallest absolute Gasteiger partial charge is 0.269 e. The Labute approximate surface area is 222 Å². The molecule has 0 atom stereocenters. The Balaban J connectivity index is 1.62. The summed E-state index contributed by atoms with van der Waals surface area (Å²) in [5.74, 6) is -0.224. The average Bonchev–Trinajstić information content (AvgIpc) is 3.30. The molecule has 38 heavy (non-hydrogen) atoms. The van der Waals surface area contributed by atoms with E-state index in [1.165, 1.54) is 0 Å². The third-order valence-corrected chi connectivity index (χ3v) is 6.59. The molecule has 9 nitrogen and oxygen atoms in total. The molecule has 196 valence electrons. The Morgan fingerprint density at radius 3 is 2.76 bits per heavy atom. The monoisotopic (exact) mass is 511 g/mol. The lowest BCUT2D eigenvalue weighted by molar-refractivity contribution is 0.0935. The zero-order valence-electron chi connectivity index (χ0n) is 22.0. The van der Waals surface area contributed by atoms with Gasteiger partial charge in [-0.1, -0.05) is 12.1 Å². The van der Waals surface area contributed by atoms with Crippen LogP contribution >= 0.6 is 0 Å². The SMILES string of the molecule is CC(C)NC(=O)c1cccc(N2CCNCCCNC(=O)c3cc(nn3C)-c3ccc4nccc2c4c3)c1. The van der Waals surface area contributed by atoms with E-state index in [0.717, 1.165) is 53.0 Å². The lowest BCUT2D eigenvalue weighted by Gasteiger charge is -2.27. The number of aryl methyl sites for hydroxylation is 1. The van der Waals surface area contributed by atoms with Crippen LogP contribution in [0, 0.1) is 0 Å². The van der Waals surface area contributed by atoms with Crippen LogP contribution in [-0.4, -0.2) is 58.8 Å². The molecule has 3 N–H and O–H groups in total. The molecule has 0 saturated carbocycles. The molecule has 2 aromatic carbocycles. The Bertz CT molecular complexity index is 1480. The molecule has 2 aromatic heterocycles. The van der Waals surface area contributed by atoms with E-state index >= 15 is 0 Å². The third kappa shape index (κ3) is 5.38. The minimum Gasteiger partial charge on any atom is -0.351 e. The van der Waals surface area contributed by atoms with Crippen LogP contribution in [0.5, 0.6) is 0 Å². The molecule has 0 spiro atoms. The van der Waals surface area contributed by atoms with Crippen LogP contribution in [0.25, 0.3) is 22.2 Å². The Hall–Kier alpha value is -4.24. The van der Waals surface area contributed by atoms with Crippen LogP contribution in [0.2, 0.25) is 0 Å². The number of benzene rings is 2. The van der Waals surface area contributed by atoms with Crippen molar-refractivity contribution in [3.8, 4) is 11.3 Å². The van der Waals surface area contributed by atoms with E-state index in [1.54, 1.807) is 11.7 Å². The van der Waals surface area contributed by atoms with Gasteiger partial charge in [0, 0.05) is 61.1 Å². The number of anilines is 2. The predicted molar refractivity (Wildman–Crippen MR) is 150 cm³/mol. The Morgan fingerprint density at radius 1 is 1.05 bits per heavy atom. The minimum absolute atomic E-state index is 0.0535. The summed E-state index contributed by atoms with van der Waals surface area (Å²) >= 11 is 0. The molecule has 4 bridgehead atoms. The maximum Gasteiger partial charge on any atom is 0.269 e. The summed E-state index contributed by atoms with van der Waals surface area (Å²) in [6, 6.07) is 17.6. The van der Waals surface area contributed by atoms with Crippen molar-refractivity contribution in [1.82, 2.24) is 30.7 Å². The third-order valence-electron chi connectivity index (χ3n) is 6.59. The van der Waals surface area contributed by atoms with E-state index in [4.69, 9.17) is 0 Å². The van der Waals surface area contributed by atoms with Crippen LogP contribution in [0.3, 0.4) is 0 Å². The van der Waals surface area contributed by atoms with Crippen LogP contribution in [0.1, 0.15) is 41.1 Å². The molecule has 9 heteroatoms. The van der Waals surface area contributed by atoms with Gasteiger partial charge in [0.1, 0.15) is 5.69 Å². The molecule has 3 heterocycles. The highest BCUT2D eigenvalue weighted by Crippen LogP contribution is 2.34. The molecule has 0 unspecified atom stereocenters. The first-order valence-corrected chi connectivity index (χ1v) is 13.0. The van der Waals surface area contributed by atoms with E-state index in [2.05, 4.69) is 37.0 Å². The second kappa shape index (κ2) is 11.0. The normalized spacial score (nSPS) is 14.6. The van der Waals surface area contributed by atoms with Crippen molar-refractivity contribution in [2.24, 2.45) is 7.05 Å². The molecule has 0 fully saturated rings. The molecule has 2 amide bonds. The molecule has 0 aliphatic carbocycles. The van der Waals surface area contributed by atoms with Crippen molar-refractivity contribution in [2.75, 3.05) is 31.1 Å². The van der Waals surface area contributed by atoms with Crippen molar-refractivity contribution in [3.63, 3.8) is 0 Å². The molecule has 1 aliphatic heterocycles. The summed E-state index contributed by atoms with van der Waals surface area (Å²) in [4.78, 5) is 32.3. The molecule has 0 saturated heterocycles. The van der Waals surface area contributed by atoms with Gasteiger partial charge in [-0.3, -0.25) is 19.3 Å². The van der Waals surface area contributed by atoms with Gasteiger partial charge in [-0.25, -0.2) is 0 Å². The zero-order chi connectivity index (χ0) is 26.6. The summed E-state index contributed by atoms with van der Waals surface area (Å²) in [5.41, 5.74) is 5.53. The van der Waals surface area contributed by atoms with Gasteiger partial charge >= 0.3 is 0 Å². The maximum absolute atomic E-state index is 12.8. The number of aromatic nitrogens is 3. The maximum atomic E-state index is 12.8. The van der Waals surface area contributed by atoms with E-state index in [1.807, 2.05) is 68.6 Å². The summed E-state index contributed by atoms with van der Waals surface area (Å²) < 4.78 is 1.62. The van der Waals surface area contributed by atoms with Crippen molar-refractivity contribution in [3.05, 3.63) is 72.1 Å². The van der Waals surface area contributed by atoms with Gasteiger partial charge in [-0.15, -0.1) is 0 Å². The van der Waals surface area contributed by atoms with Crippen LogP contribution in [0.15, 0.2) is 60.8 Å². The Kier molecular flexibility index (Phi) is 7.37. The van der Waals surface area contributed by atoms with Gasteiger partial charge in [0.05, 0.1) is 16.9 Å². The highest BCUT2D eigenvalue weighted by molar-refractivity contribution is 5.99. The van der Waals surface area contributed by atoms with Crippen molar-refractivity contribution < 1.29 is 9.59 Å². The van der Waals surface area contributed by atoms with Gasteiger partial charge in [0.25, 0.3) is 11.8 Å². The van der Waals surface area contributed by atoms with Gasteiger partial charge in [-0.2, -0.15) is 5.10 Å². The Morgan fingerprint density at radius 2 is 1.92 bits per heavy atom. The molecular formula is C29H33N7O2. The quantitative estimate of drug-likeness (QED) is 0.388. The number of rotatable bonds is 3. The van der Waals surface area contributed by atoms with Crippen LogP contribution < -0.4 is 20.9 Å². The standard InChI is InChI=1S/C29H33N7O2/c1-19(2)33-28(37)21-6-4-7-22(16-21)36-15-14-30-11-5-12-32-29(38)27-18-25(34-35(27)3)20-8-9-24-23(17-20)26(36)10-13-31-24/h4,6-10,13,16-19,30H,5,11-12,14-15H2,1-3H3,(H,32,38)(H,33,37).